The Balaban J connectivity index is 1.65. The standard InChI is InChI=1S/C23H28N4O2S/c1-16(2)27-15-20(19-7-5-6-8-22(19)27)23(26(3)4)14-25-30(28,29)18-9-10-21-17(13-18)11-12-24-21/h5-13,15-16,23-25H,14H2,1-4H3. The molecule has 0 aliphatic carbocycles. The third kappa shape index (κ3) is 3.76. The Bertz CT molecular complexity index is 1290. The van der Waals surface area contributed by atoms with E-state index in [9.17, 15) is 8.42 Å². The summed E-state index contributed by atoms with van der Waals surface area (Å²) < 4.78 is 31.0. The van der Waals surface area contributed by atoms with E-state index in [0.29, 0.717) is 6.04 Å². The van der Waals surface area contributed by atoms with Crippen LogP contribution in [0.15, 0.2) is 65.8 Å². The number of nitrogens with zero attached hydrogens (tertiary/aromatic N) is 2. The average Bonchev–Trinajstić information content (AvgIpc) is 3.32. The van der Waals surface area contributed by atoms with E-state index in [1.165, 1.54) is 0 Å². The lowest BCUT2D eigenvalue weighted by atomic mass is 10.1. The third-order valence-electron chi connectivity index (χ3n) is 5.61. The summed E-state index contributed by atoms with van der Waals surface area (Å²) in [6.07, 6.45) is 3.96. The van der Waals surface area contributed by atoms with Gasteiger partial charge in [0.1, 0.15) is 0 Å². The van der Waals surface area contributed by atoms with Crippen LogP contribution in [0.1, 0.15) is 31.5 Å². The second-order valence-corrected chi connectivity index (χ2v) is 9.93. The molecule has 2 N–H and O–H groups in total. The fourth-order valence-electron chi connectivity index (χ4n) is 3.97. The zero-order valence-electron chi connectivity index (χ0n) is 17.8. The topological polar surface area (TPSA) is 70.1 Å². The smallest absolute Gasteiger partial charge is 0.240 e. The molecule has 0 amide bonds. The van der Waals surface area contributed by atoms with Gasteiger partial charge in [0.15, 0.2) is 0 Å². The number of benzene rings is 2. The van der Waals surface area contributed by atoms with Crippen molar-refractivity contribution in [2.24, 2.45) is 0 Å². The molecule has 0 fully saturated rings. The van der Waals surface area contributed by atoms with E-state index in [4.69, 9.17) is 0 Å². The van der Waals surface area contributed by atoms with Crippen LogP contribution in [0.3, 0.4) is 0 Å². The summed E-state index contributed by atoms with van der Waals surface area (Å²) in [7, 11) is 0.331. The van der Waals surface area contributed by atoms with Crippen LogP contribution < -0.4 is 4.72 Å². The number of para-hydroxylation sites is 1. The van der Waals surface area contributed by atoms with Gasteiger partial charge in [-0.1, -0.05) is 18.2 Å². The van der Waals surface area contributed by atoms with Crippen LogP contribution in [0.2, 0.25) is 0 Å². The van der Waals surface area contributed by atoms with E-state index in [2.05, 4.69) is 51.4 Å². The number of likely N-dealkylation sites (N-methyl/N-ethyl adjacent to an activating group) is 1. The van der Waals surface area contributed by atoms with Crippen LogP contribution in [-0.2, 0) is 10.0 Å². The molecule has 1 unspecified atom stereocenters. The molecule has 7 heteroatoms. The van der Waals surface area contributed by atoms with Crippen molar-refractivity contribution >= 4 is 31.8 Å². The van der Waals surface area contributed by atoms with E-state index in [1.54, 1.807) is 24.4 Å². The minimum absolute atomic E-state index is 0.0966. The fourth-order valence-corrected chi connectivity index (χ4v) is 5.04. The number of fused-ring (bicyclic) bond motifs is 2. The molecule has 0 aliphatic heterocycles. The van der Waals surface area contributed by atoms with E-state index in [1.807, 2.05) is 32.3 Å². The van der Waals surface area contributed by atoms with Gasteiger partial charge < -0.3 is 14.5 Å². The summed E-state index contributed by atoms with van der Waals surface area (Å²) in [5, 5.41) is 2.03. The predicted octanol–water partition coefficient (Wildman–Crippen LogP) is 4.28. The van der Waals surface area contributed by atoms with Gasteiger partial charge in [-0.15, -0.1) is 0 Å². The van der Waals surface area contributed by atoms with Crippen molar-refractivity contribution < 1.29 is 8.42 Å². The van der Waals surface area contributed by atoms with E-state index in [0.717, 1.165) is 27.4 Å². The van der Waals surface area contributed by atoms with Crippen molar-refractivity contribution in [3.8, 4) is 0 Å². The zero-order valence-corrected chi connectivity index (χ0v) is 18.6. The third-order valence-corrected chi connectivity index (χ3v) is 7.03. The van der Waals surface area contributed by atoms with Gasteiger partial charge in [0.2, 0.25) is 10.0 Å². The maximum Gasteiger partial charge on any atom is 0.240 e. The van der Waals surface area contributed by atoms with Crippen molar-refractivity contribution in [3.63, 3.8) is 0 Å². The highest BCUT2D eigenvalue weighted by atomic mass is 32.2. The summed E-state index contributed by atoms with van der Waals surface area (Å²) >= 11 is 0. The van der Waals surface area contributed by atoms with Crippen molar-refractivity contribution in [1.29, 1.82) is 0 Å². The van der Waals surface area contributed by atoms with Gasteiger partial charge in [-0.2, -0.15) is 0 Å². The van der Waals surface area contributed by atoms with Crippen molar-refractivity contribution in [3.05, 3.63) is 66.5 Å². The van der Waals surface area contributed by atoms with Gasteiger partial charge in [-0.3, -0.25) is 0 Å². The van der Waals surface area contributed by atoms with Crippen molar-refractivity contribution in [1.82, 2.24) is 19.2 Å². The molecule has 1 atom stereocenters. The molecule has 158 valence electrons. The van der Waals surface area contributed by atoms with E-state index >= 15 is 0 Å². The molecule has 6 nitrogen and oxygen atoms in total. The number of nitrogens with one attached hydrogen (secondary N) is 2. The zero-order chi connectivity index (χ0) is 21.5. The van der Waals surface area contributed by atoms with Gasteiger partial charge >= 0.3 is 0 Å². The van der Waals surface area contributed by atoms with E-state index < -0.39 is 10.0 Å². The van der Waals surface area contributed by atoms with Crippen LogP contribution in [0.25, 0.3) is 21.8 Å². The minimum atomic E-state index is -3.63. The van der Waals surface area contributed by atoms with Crippen LogP contribution in [0.4, 0.5) is 0 Å². The van der Waals surface area contributed by atoms with Crippen LogP contribution >= 0.6 is 0 Å². The Morgan fingerprint density at radius 1 is 1.10 bits per heavy atom. The van der Waals surface area contributed by atoms with Gasteiger partial charge in [0.05, 0.1) is 4.90 Å². The molecule has 0 saturated heterocycles. The highest BCUT2D eigenvalue weighted by Crippen LogP contribution is 2.31. The molecule has 4 aromatic rings. The molecule has 0 saturated carbocycles. The first-order valence-corrected chi connectivity index (χ1v) is 11.6. The second-order valence-electron chi connectivity index (χ2n) is 8.16. The molecular weight excluding hydrogens is 396 g/mol. The van der Waals surface area contributed by atoms with Crippen LogP contribution in [-0.4, -0.2) is 43.5 Å². The van der Waals surface area contributed by atoms with Gasteiger partial charge in [-0.05, 0) is 63.8 Å². The lowest BCUT2D eigenvalue weighted by molar-refractivity contribution is 0.300. The number of aromatic amines is 1. The summed E-state index contributed by atoms with van der Waals surface area (Å²) in [5.74, 6) is 0. The molecule has 2 aromatic heterocycles. The maximum atomic E-state index is 13.0. The van der Waals surface area contributed by atoms with Gasteiger partial charge in [0, 0.05) is 52.8 Å². The molecule has 2 aromatic carbocycles. The first kappa shape index (κ1) is 20.7. The number of sulfonamides is 1. The van der Waals surface area contributed by atoms with Crippen molar-refractivity contribution in [2.75, 3.05) is 20.6 Å². The fraction of sp³-hybridized carbons (Fsp3) is 0.304. The number of hydrogen-bond acceptors (Lipinski definition) is 3. The van der Waals surface area contributed by atoms with Crippen molar-refractivity contribution in [2.45, 2.75) is 30.8 Å². The molecule has 0 aliphatic rings. The summed E-state index contributed by atoms with van der Waals surface area (Å²) in [4.78, 5) is 5.42. The monoisotopic (exact) mass is 424 g/mol. The lowest BCUT2D eigenvalue weighted by Gasteiger charge is -2.24. The first-order chi connectivity index (χ1) is 14.3. The SMILES string of the molecule is CC(C)n1cc(C(CNS(=O)(=O)c2ccc3[nH]ccc3c2)N(C)C)c2ccccc21. The molecule has 30 heavy (non-hydrogen) atoms. The molecule has 0 bridgehead atoms. The number of hydrogen-bond donors (Lipinski definition) is 2. The Kier molecular flexibility index (Phi) is 5.44. The van der Waals surface area contributed by atoms with Gasteiger partial charge in [0.25, 0.3) is 0 Å². The Labute approximate surface area is 177 Å². The first-order valence-electron chi connectivity index (χ1n) is 10.1. The Morgan fingerprint density at radius 2 is 1.87 bits per heavy atom. The molecular formula is C23H28N4O2S. The highest BCUT2D eigenvalue weighted by molar-refractivity contribution is 7.89. The minimum Gasteiger partial charge on any atom is -0.361 e. The predicted molar refractivity (Wildman–Crippen MR) is 122 cm³/mol. The second kappa shape index (κ2) is 7.91. The molecule has 2 heterocycles. The number of rotatable bonds is 7. The summed E-state index contributed by atoms with van der Waals surface area (Å²) in [6, 6.07) is 15.5. The maximum absolute atomic E-state index is 13.0. The normalized spacial score (nSPS) is 13.7. The largest absolute Gasteiger partial charge is 0.361 e. The summed E-state index contributed by atoms with van der Waals surface area (Å²) in [5.41, 5.74) is 3.20. The van der Waals surface area contributed by atoms with E-state index in [-0.39, 0.29) is 17.5 Å². The molecule has 0 spiro atoms. The summed E-state index contributed by atoms with van der Waals surface area (Å²) in [6.45, 7) is 4.59. The Hall–Kier alpha value is -2.61. The lowest BCUT2D eigenvalue weighted by Crippen LogP contribution is -2.34. The number of H-pyrrole nitrogens is 1. The average molecular weight is 425 g/mol. The van der Waals surface area contributed by atoms with Crippen LogP contribution in [0.5, 0.6) is 0 Å². The number of aromatic nitrogens is 2. The molecule has 4 rings (SSSR count). The van der Waals surface area contributed by atoms with Gasteiger partial charge in [-0.25, -0.2) is 13.1 Å². The Morgan fingerprint density at radius 3 is 2.60 bits per heavy atom. The van der Waals surface area contributed by atoms with Crippen LogP contribution in [0, 0.1) is 0 Å². The molecule has 0 radical (unpaired) electrons. The quantitative estimate of drug-likeness (QED) is 0.465. The highest BCUT2D eigenvalue weighted by Gasteiger charge is 2.23.